The highest BCUT2D eigenvalue weighted by Crippen LogP contribution is 2.22. The van der Waals surface area contributed by atoms with Crippen LogP contribution in [-0.4, -0.2) is 28.0 Å². The molecule has 0 atom stereocenters. The largest absolute Gasteiger partial charge is 0.497 e. The van der Waals surface area contributed by atoms with Gasteiger partial charge in [-0.05, 0) is 60.9 Å². The molecule has 0 spiro atoms. The lowest BCUT2D eigenvalue weighted by Gasteiger charge is -2.13. The van der Waals surface area contributed by atoms with Gasteiger partial charge < -0.3 is 10.1 Å². The Bertz CT molecular complexity index is 1110. The van der Waals surface area contributed by atoms with Crippen molar-refractivity contribution >= 4 is 21.6 Å². The summed E-state index contributed by atoms with van der Waals surface area (Å²) in [5, 5.41) is 2.87. The summed E-state index contributed by atoms with van der Waals surface area (Å²) in [4.78, 5) is 12.6. The summed E-state index contributed by atoms with van der Waals surface area (Å²) in [5.41, 5.74) is 2.60. The van der Waals surface area contributed by atoms with Crippen LogP contribution in [-0.2, 0) is 16.4 Å². The Balaban J connectivity index is 1.70. The van der Waals surface area contributed by atoms with E-state index in [1.54, 1.807) is 37.3 Å². The summed E-state index contributed by atoms with van der Waals surface area (Å²) in [7, 11) is -2.28. The second-order valence-corrected chi connectivity index (χ2v) is 8.48. The number of nitrogens with one attached hydrogen (secondary N) is 2. The van der Waals surface area contributed by atoms with Crippen LogP contribution in [0.5, 0.6) is 5.75 Å². The first-order valence-electron chi connectivity index (χ1n) is 9.49. The third kappa shape index (κ3) is 5.39. The molecule has 3 aromatic rings. The summed E-state index contributed by atoms with van der Waals surface area (Å²) in [5.74, 6) is 0.315. The molecular formula is C23H24N2O4S. The minimum absolute atomic E-state index is 0.111. The zero-order chi connectivity index (χ0) is 21.6. The second kappa shape index (κ2) is 9.45. The van der Waals surface area contributed by atoms with Gasteiger partial charge in [0.25, 0.3) is 15.9 Å². The number of anilines is 1. The van der Waals surface area contributed by atoms with Gasteiger partial charge in [-0.25, -0.2) is 8.42 Å². The molecular weight excluding hydrogens is 400 g/mol. The Kier molecular flexibility index (Phi) is 6.74. The molecule has 7 heteroatoms. The standard InChI is InChI=1S/C23H24N2O4S/c1-17-8-9-19(23(26)24-15-14-18-6-4-3-5-7-18)16-22(17)25-30(27,28)21-12-10-20(29-2)11-13-21/h3-13,16,25H,14-15H2,1-2H3,(H,24,26). The maximum absolute atomic E-state index is 12.7. The van der Waals surface area contributed by atoms with Gasteiger partial charge >= 0.3 is 0 Å². The van der Waals surface area contributed by atoms with E-state index in [-0.39, 0.29) is 10.8 Å². The third-order valence-corrected chi connectivity index (χ3v) is 6.04. The van der Waals surface area contributed by atoms with Crippen LogP contribution in [0.1, 0.15) is 21.5 Å². The van der Waals surface area contributed by atoms with Gasteiger partial charge in [0, 0.05) is 12.1 Å². The van der Waals surface area contributed by atoms with Crippen LogP contribution in [0.2, 0.25) is 0 Å². The van der Waals surface area contributed by atoms with Crippen LogP contribution in [0, 0.1) is 6.92 Å². The van der Waals surface area contributed by atoms with E-state index in [0.717, 1.165) is 12.0 Å². The highest BCUT2D eigenvalue weighted by atomic mass is 32.2. The molecule has 2 N–H and O–H groups in total. The van der Waals surface area contributed by atoms with Gasteiger partial charge in [-0.1, -0.05) is 36.4 Å². The van der Waals surface area contributed by atoms with Crippen LogP contribution in [0.3, 0.4) is 0 Å². The number of carbonyl (C=O) groups excluding carboxylic acids is 1. The highest BCUT2D eigenvalue weighted by molar-refractivity contribution is 7.92. The summed E-state index contributed by atoms with van der Waals surface area (Å²) >= 11 is 0. The molecule has 30 heavy (non-hydrogen) atoms. The van der Waals surface area contributed by atoms with Gasteiger partial charge in [-0.3, -0.25) is 9.52 Å². The molecule has 0 saturated heterocycles. The molecule has 6 nitrogen and oxygen atoms in total. The van der Waals surface area contributed by atoms with E-state index < -0.39 is 10.0 Å². The van der Waals surface area contributed by atoms with Crippen LogP contribution in [0.15, 0.2) is 77.7 Å². The molecule has 0 aromatic heterocycles. The average molecular weight is 425 g/mol. The fourth-order valence-electron chi connectivity index (χ4n) is 2.90. The number of sulfonamides is 1. The maximum atomic E-state index is 12.7. The lowest BCUT2D eigenvalue weighted by molar-refractivity contribution is 0.0954. The molecule has 0 aliphatic carbocycles. The van der Waals surface area contributed by atoms with Crippen LogP contribution in [0.25, 0.3) is 0 Å². The quantitative estimate of drug-likeness (QED) is 0.576. The van der Waals surface area contributed by atoms with Crippen LogP contribution >= 0.6 is 0 Å². The molecule has 0 saturated carbocycles. The van der Waals surface area contributed by atoms with E-state index in [0.29, 0.717) is 29.1 Å². The van der Waals surface area contributed by atoms with E-state index in [4.69, 9.17) is 4.74 Å². The number of carbonyl (C=O) groups is 1. The first-order chi connectivity index (χ1) is 14.4. The number of aryl methyl sites for hydroxylation is 1. The van der Waals surface area contributed by atoms with Gasteiger partial charge in [0.2, 0.25) is 0 Å². The Morgan fingerprint density at radius 2 is 1.67 bits per heavy atom. The molecule has 0 radical (unpaired) electrons. The Morgan fingerprint density at radius 1 is 0.967 bits per heavy atom. The maximum Gasteiger partial charge on any atom is 0.261 e. The van der Waals surface area contributed by atoms with E-state index in [2.05, 4.69) is 10.0 Å². The van der Waals surface area contributed by atoms with Crippen LogP contribution < -0.4 is 14.8 Å². The molecule has 0 fully saturated rings. The fraction of sp³-hybridized carbons (Fsp3) is 0.174. The van der Waals surface area contributed by atoms with E-state index in [1.807, 2.05) is 30.3 Å². The number of rotatable bonds is 8. The van der Waals surface area contributed by atoms with Gasteiger partial charge in [0.15, 0.2) is 0 Å². The number of hydrogen-bond donors (Lipinski definition) is 2. The molecule has 0 unspecified atom stereocenters. The molecule has 3 aromatic carbocycles. The van der Waals surface area contributed by atoms with Gasteiger partial charge in [-0.15, -0.1) is 0 Å². The molecule has 0 heterocycles. The average Bonchev–Trinajstić information content (AvgIpc) is 2.76. The number of benzene rings is 3. The van der Waals surface area contributed by atoms with Crippen molar-refractivity contribution in [2.24, 2.45) is 0 Å². The molecule has 0 aliphatic rings. The summed E-state index contributed by atoms with van der Waals surface area (Å²) in [6.07, 6.45) is 0.718. The van der Waals surface area contributed by atoms with Crippen molar-refractivity contribution in [3.63, 3.8) is 0 Å². The normalized spacial score (nSPS) is 11.0. The van der Waals surface area contributed by atoms with E-state index in [9.17, 15) is 13.2 Å². The fourth-order valence-corrected chi connectivity index (χ4v) is 4.02. The molecule has 0 aliphatic heterocycles. The number of ether oxygens (including phenoxy) is 1. The van der Waals surface area contributed by atoms with E-state index in [1.165, 1.54) is 19.2 Å². The molecule has 3 rings (SSSR count). The van der Waals surface area contributed by atoms with Crippen molar-refractivity contribution < 1.29 is 17.9 Å². The predicted octanol–water partition coefficient (Wildman–Crippen LogP) is 3.78. The SMILES string of the molecule is COc1ccc(S(=O)(=O)Nc2cc(C(=O)NCCc3ccccc3)ccc2C)cc1. The monoisotopic (exact) mass is 424 g/mol. The zero-order valence-electron chi connectivity index (χ0n) is 16.9. The lowest BCUT2D eigenvalue weighted by atomic mass is 10.1. The summed E-state index contributed by atoms with van der Waals surface area (Å²) in [6.45, 7) is 2.27. The van der Waals surface area contributed by atoms with E-state index >= 15 is 0 Å². The Hall–Kier alpha value is -3.32. The predicted molar refractivity (Wildman–Crippen MR) is 117 cm³/mol. The van der Waals surface area contributed by atoms with Crippen molar-refractivity contribution in [3.8, 4) is 5.75 Å². The summed E-state index contributed by atoms with van der Waals surface area (Å²) in [6, 6.07) is 20.9. The first-order valence-corrected chi connectivity index (χ1v) is 11.0. The minimum atomic E-state index is -3.79. The molecule has 156 valence electrons. The van der Waals surface area contributed by atoms with Crippen LogP contribution in [0.4, 0.5) is 5.69 Å². The zero-order valence-corrected chi connectivity index (χ0v) is 17.7. The third-order valence-electron chi connectivity index (χ3n) is 4.66. The van der Waals surface area contributed by atoms with Crippen molar-refractivity contribution in [2.45, 2.75) is 18.2 Å². The Labute approximate surface area is 177 Å². The lowest BCUT2D eigenvalue weighted by Crippen LogP contribution is -2.26. The molecule has 0 bridgehead atoms. The topological polar surface area (TPSA) is 84.5 Å². The smallest absolute Gasteiger partial charge is 0.261 e. The minimum Gasteiger partial charge on any atom is -0.497 e. The Morgan fingerprint density at radius 3 is 2.33 bits per heavy atom. The number of hydrogen-bond acceptors (Lipinski definition) is 4. The summed E-state index contributed by atoms with van der Waals surface area (Å²) < 4.78 is 33.1. The van der Waals surface area contributed by atoms with Gasteiger partial charge in [0.1, 0.15) is 5.75 Å². The second-order valence-electron chi connectivity index (χ2n) is 6.80. The van der Waals surface area contributed by atoms with Crippen molar-refractivity contribution in [2.75, 3.05) is 18.4 Å². The number of methoxy groups -OCH3 is 1. The first kappa shape index (κ1) is 21.4. The van der Waals surface area contributed by atoms with Gasteiger partial charge in [0.05, 0.1) is 17.7 Å². The highest BCUT2D eigenvalue weighted by Gasteiger charge is 2.17. The van der Waals surface area contributed by atoms with Crippen molar-refractivity contribution in [1.82, 2.24) is 5.32 Å². The van der Waals surface area contributed by atoms with Gasteiger partial charge in [-0.2, -0.15) is 0 Å². The number of amides is 1. The molecule has 1 amide bonds. The van der Waals surface area contributed by atoms with Crippen molar-refractivity contribution in [1.29, 1.82) is 0 Å². The van der Waals surface area contributed by atoms with Crippen molar-refractivity contribution in [3.05, 3.63) is 89.5 Å².